The molecule has 1 aliphatic heterocycles. The number of nitrogens with one attached hydrogen (secondary N) is 1. The van der Waals surface area contributed by atoms with Gasteiger partial charge in [-0.3, -0.25) is 0 Å². The highest BCUT2D eigenvalue weighted by molar-refractivity contribution is 7.99. The Morgan fingerprint density at radius 2 is 2.30 bits per heavy atom. The number of rotatable bonds is 4. The summed E-state index contributed by atoms with van der Waals surface area (Å²) < 4.78 is 38.0. The van der Waals surface area contributed by atoms with Crippen molar-refractivity contribution in [1.82, 2.24) is 9.88 Å². The van der Waals surface area contributed by atoms with Gasteiger partial charge in [-0.05, 0) is 30.7 Å². The van der Waals surface area contributed by atoms with Crippen molar-refractivity contribution in [1.29, 1.82) is 0 Å². The third-order valence-electron chi connectivity index (χ3n) is 3.54. The van der Waals surface area contributed by atoms with Gasteiger partial charge >= 0.3 is 12.2 Å². The van der Waals surface area contributed by atoms with E-state index in [1.807, 2.05) is 6.92 Å². The maximum atomic E-state index is 12.7. The van der Waals surface area contributed by atoms with Crippen LogP contribution in [0.25, 0.3) is 0 Å². The van der Waals surface area contributed by atoms with Crippen LogP contribution in [0.1, 0.15) is 19.8 Å². The topological polar surface area (TPSA) is 65.5 Å². The van der Waals surface area contributed by atoms with Crippen LogP contribution < -0.4 is 5.32 Å². The van der Waals surface area contributed by atoms with E-state index in [4.69, 9.17) is 0 Å². The van der Waals surface area contributed by atoms with E-state index in [1.165, 1.54) is 6.20 Å². The molecule has 0 spiro atoms. The van der Waals surface area contributed by atoms with Crippen LogP contribution in [0.4, 0.5) is 23.7 Å². The number of carbonyl (C=O) groups is 1. The van der Waals surface area contributed by atoms with Crippen molar-refractivity contribution >= 4 is 23.5 Å². The minimum Gasteiger partial charge on any atom is -0.382 e. The van der Waals surface area contributed by atoms with Gasteiger partial charge < -0.3 is 15.3 Å². The fraction of sp³-hybridized carbons (Fsp3) is 0.571. The van der Waals surface area contributed by atoms with Crippen LogP contribution in [-0.4, -0.2) is 51.6 Å². The van der Waals surface area contributed by atoms with Crippen LogP contribution >= 0.6 is 11.8 Å². The summed E-state index contributed by atoms with van der Waals surface area (Å²) in [7, 11) is 0. The van der Waals surface area contributed by atoms with Crippen molar-refractivity contribution < 1.29 is 23.1 Å². The Bertz CT molecular complexity index is 539. The number of hydrogen-bond donors (Lipinski definition) is 2. The molecule has 2 rings (SSSR count). The number of thioether (sulfide) groups is 1. The zero-order valence-corrected chi connectivity index (χ0v) is 13.3. The number of urea groups is 1. The van der Waals surface area contributed by atoms with E-state index in [0.717, 1.165) is 15.7 Å². The monoisotopic (exact) mass is 349 g/mol. The summed E-state index contributed by atoms with van der Waals surface area (Å²) >= 11 is 1.54. The van der Waals surface area contributed by atoms with Gasteiger partial charge in [0.05, 0.1) is 23.0 Å². The fourth-order valence-corrected chi connectivity index (χ4v) is 3.06. The van der Waals surface area contributed by atoms with Crippen molar-refractivity contribution in [3.8, 4) is 0 Å². The molecule has 1 aromatic heterocycles. The quantitative estimate of drug-likeness (QED) is 0.820. The zero-order valence-electron chi connectivity index (χ0n) is 12.5. The molecular formula is C14H18F3N3O2S. The van der Waals surface area contributed by atoms with E-state index >= 15 is 0 Å². The molecule has 9 heteroatoms. The van der Waals surface area contributed by atoms with Gasteiger partial charge in [0.15, 0.2) is 6.10 Å². The highest BCUT2D eigenvalue weighted by Crippen LogP contribution is 2.31. The molecule has 0 aliphatic carbocycles. The van der Waals surface area contributed by atoms with Gasteiger partial charge in [-0.25, -0.2) is 9.78 Å². The summed E-state index contributed by atoms with van der Waals surface area (Å²) in [4.78, 5) is 17.3. The number of pyridine rings is 1. The predicted molar refractivity (Wildman–Crippen MR) is 81.4 cm³/mol. The molecule has 2 N–H and O–H groups in total. The molecule has 1 aromatic rings. The molecule has 0 saturated carbocycles. The summed E-state index contributed by atoms with van der Waals surface area (Å²) in [5.41, 5.74) is 0.405. The third kappa shape index (κ3) is 4.51. The lowest BCUT2D eigenvalue weighted by molar-refractivity contribution is -0.216. The van der Waals surface area contributed by atoms with Gasteiger partial charge in [-0.2, -0.15) is 13.2 Å². The molecule has 0 bridgehead atoms. The average Bonchev–Trinajstić information content (AvgIpc) is 2.97. The lowest BCUT2D eigenvalue weighted by atomic mass is 10.1. The van der Waals surface area contributed by atoms with Crippen molar-refractivity contribution in [2.24, 2.45) is 0 Å². The third-order valence-corrected chi connectivity index (χ3v) is 4.37. The van der Waals surface area contributed by atoms with Crippen LogP contribution in [0.2, 0.25) is 0 Å². The largest absolute Gasteiger partial charge is 0.416 e. The van der Waals surface area contributed by atoms with E-state index in [2.05, 4.69) is 10.3 Å². The zero-order chi connectivity index (χ0) is 17.0. The first-order valence-electron chi connectivity index (χ1n) is 7.24. The maximum absolute atomic E-state index is 12.7. The molecule has 2 heterocycles. The smallest absolute Gasteiger partial charge is 0.382 e. The van der Waals surface area contributed by atoms with E-state index in [9.17, 15) is 23.1 Å². The number of aliphatic hydroxyl groups excluding tert-OH is 1. The number of alkyl halides is 3. The normalized spacial score (nSPS) is 19.7. The summed E-state index contributed by atoms with van der Waals surface area (Å²) in [5, 5.41) is 12.7. The Balaban J connectivity index is 2.01. The lowest BCUT2D eigenvalue weighted by Gasteiger charge is -2.29. The first kappa shape index (κ1) is 17.9. The van der Waals surface area contributed by atoms with Gasteiger partial charge in [0, 0.05) is 6.54 Å². The molecule has 1 aliphatic rings. The number of halogens is 3. The fourth-order valence-electron chi connectivity index (χ4n) is 2.47. The molecule has 0 unspecified atom stereocenters. The molecule has 5 nitrogen and oxygen atoms in total. The highest BCUT2D eigenvalue weighted by Gasteiger charge is 2.48. The number of likely N-dealkylation sites (tertiary alicyclic amines) is 1. The standard InChI is InChI=1S/C14H18F3N3O2S/c1-2-23-11-6-5-9(8-18-11)19-13(22)20-7-3-4-10(20)12(21)14(15,16)17/h5-6,8,10,12,21H,2-4,7H2,1H3,(H,19,22)/t10-,12+/m1/s1. The van der Waals surface area contributed by atoms with E-state index in [0.29, 0.717) is 12.1 Å². The Kier molecular flexibility index (Phi) is 5.74. The van der Waals surface area contributed by atoms with Gasteiger partial charge in [0.1, 0.15) is 0 Å². The summed E-state index contributed by atoms with van der Waals surface area (Å²) in [6.45, 7) is 2.17. The van der Waals surface area contributed by atoms with Crippen molar-refractivity contribution in [2.75, 3.05) is 17.6 Å². The molecule has 128 valence electrons. The van der Waals surface area contributed by atoms with Gasteiger partial charge in [0.25, 0.3) is 0 Å². The Morgan fingerprint density at radius 3 is 2.87 bits per heavy atom. The number of hydrogen-bond acceptors (Lipinski definition) is 4. The molecular weight excluding hydrogens is 331 g/mol. The Hall–Kier alpha value is -1.48. The van der Waals surface area contributed by atoms with Crippen LogP contribution in [0, 0.1) is 0 Å². The van der Waals surface area contributed by atoms with Gasteiger partial charge in [0.2, 0.25) is 0 Å². The summed E-state index contributed by atoms with van der Waals surface area (Å²) in [6, 6.07) is 1.47. The molecule has 0 radical (unpaired) electrons. The minimum atomic E-state index is -4.74. The SMILES string of the molecule is CCSc1ccc(NC(=O)N2CCC[C@@H]2[C@H](O)C(F)(F)F)cn1. The number of aliphatic hydroxyl groups is 1. The van der Waals surface area contributed by atoms with Crippen LogP contribution in [-0.2, 0) is 0 Å². The Morgan fingerprint density at radius 1 is 1.57 bits per heavy atom. The number of anilines is 1. The van der Waals surface area contributed by atoms with Gasteiger partial charge in [-0.15, -0.1) is 11.8 Å². The number of carbonyl (C=O) groups excluding carboxylic acids is 1. The van der Waals surface area contributed by atoms with Crippen LogP contribution in [0.5, 0.6) is 0 Å². The molecule has 1 fully saturated rings. The van der Waals surface area contributed by atoms with Crippen molar-refractivity contribution in [2.45, 2.75) is 43.1 Å². The minimum absolute atomic E-state index is 0.123. The van der Waals surface area contributed by atoms with E-state index in [1.54, 1.807) is 23.9 Å². The second kappa shape index (κ2) is 7.39. The van der Waals surface area contributed by atoms with Crippen LogP contribution in [0.3, 0.4) is 0 Å². The number of nitrogens with zero attached hydrogens (tertiary/aromatic N) is 2. The highest BCUT2D eigenvalue weighted by atomic mass is 32.2. The average molecular weight is 349 g/mol. The molecule has 0 aromatic carbocycles. The molecule has 2 amide bonds. The molecule has 2 atom stereocenters. The first-order chi connectivity index (χ1) is 10.8. The van der Waals surface area contributed by atoms with Crippen molar-refractivity contribution in [3.05, 3.63) is 18.3 Å². The van der Waals surface area contributed by atoms with E-state index < -0.39 is 24.4 Å². The van der Waals surface area contributed by atoms with Gasteiger partial charge in [-0.1, -0.05) is 6.92 Å². The lowest BCUT2D eigenvalue weighted by Crippen LogP contribution is -2.50. The summed E-state index contributed by atoms with van der Waals surface area (Å²) in [6.07, 6.45) is -5.26. The van der Waals surface area contributed by atoms with Crippen LogP contribution in [0.15, 0.2) is 23.4 Å². The first-order valence-corrected chi connectivity index (χ1v) is 8.22. The Labute approximate surface area is 136 Å². The summed E-state index contributed by atoms with van der Waals surface area (Å²) in [5.74, 6) is 0.865. The maximum Gasteiger partial charge on any atom is 0.416 e. The number of amides is 2. The number of aromatic nitrogens is 1. The second-order valence-electron chi connectivity index (χ2n) is 5.14. The van der Waals surface area contributed by atoms with E-state index in [-0.39, 0.29) is 13.0 Å². The second-order valence-corrected chi connectivity index (χ2v) is 6.42. The molecule has 1 saturated heterocycles. The van der Waals surface area contributed by atoms with Crippen molar-refractivity contribution in [3.63, 3.8) is 0 Å². The molecule has 23 heavy (non-hydrogen) atoms. The predicted octanol–water partition coefficient (Wildman–Crippen LogP) is 3.11.